The molecule has 1 amide bonds. The molecule has 1 aliphatic heterocycles. The standard InChI is InChI=1S/C35H36N4O5S/c1-6-8-11-16-44-24-14-13-23(19-25(24)43-7-2)31-28(32(40)30-22(5)36-27-12-9-10-15-38(27)30)33(41)34(42)39(31)35-37-29-21(4)17-20(3)18-26(29)45-35/h9-10,12-15,17-19,31,40H,6-8,11,16H2,1-5H3. The van der Waals surface area contributed by atoms with Crippen LogP contribution in [0.25, 0.3) is 21.6 Å². The van der Waals surface area contributed by atoms with E-state index in [0.717, 1.165) is 40.6 Å². The van der Waals surface area contributed by atoms with Gasteiger partial charge in [-0.2, -0.15) is 0 Å². The average Bonchev–Trinajstić information content (AvgIpc) is 3.66. The Morgan fingerprint density at radius 1 is 0.978 bits per heavy atom. The molecular formula is C35H36N4O5S. The fourth-order valence-corrected chi connectivity index (χ4v) is 7.12. The topological polar surface area (TPSA) is 106 Å². The quantitative estimate of drug-likeness (QED) is 0.0744. The van der Waals surface area contributed by atoms with Crippen molar-refractivity contribution in [3.8, 4) is 11.5 Å². The van der Waals surface area contributed by atoms with Gasteiger partial charge in [-0.25, -0.2) is 9.97 Å². The van der Waals surface area contributed by atoms with Gasteiger partial charge in [0.1, 0.15) is 11.3 Å². The number of ether oxygens (including phenoxy) is 2. The number of nitrogens with zero attached hydrogens (tertiary/aromatic N) is 4. The van der Waals surface area contributed by atoms with Crippen molar-refractivity contribution in [3.05, 3.63) is 88.4 Å². The SMILES string of the molecule is CCCCCOc1ccc(C2C(=C(O)c3c(C)nc4ccccn34)C(=O)C(=O)N2c2nc3c(C)cc(C)cc3s2)cc1OCC. The molecule has 9 nitrogen and oxygen atoms in total. The van der Waals surface area contributed by atoms with E-state index in [1.807, 2.05) is 57.2 Å². The summed E-state index contributed by atoms with van der Waals surface area (Å²) in [6.07, 6.45) is 4.82. The lowest BCUT2D eigenvalue weighted by molar-refractivity contribution is -0.132. The van der Waals surface area contributed by atoms with Crippen molar-refractivity contribution in [1.29, 1.82) is 0 Å². The van der Waals surface area contributed by atoms with Crippen LogP contribution in [0.1, 0.15) is 67.2 Å². The summed E-state index contributed by atoms with van der Waals surface area (Å²) < 4.78 is 14.7. The van der Waals surface area contributed by atoms with Crippen LogP contribution in [-0.2, 0) is 9.59 Å². The summed E-state index contributed by atoms with van der Waals surface area (Å²) in [5.41, 5.74) is 4.86. The molecule has 0 bridgehead atoms. The Labute approximate surface area is 265 Å². The molecule has 45 heavy (non-hydrogen) atoms. The number of Topliss-reactive ketones (excluding diaryl/α,β-unsaturated/α-hetero) is 1. The molecular weight excluding hydrogens is 588 g/mol. The van der Waals surface area contributed by atoms with E-state index in [2.05, 4.69) is 11.9 Å². The van der Waals surface area contributed by atoms with Crippen LogP contribution in [-0.4, -0.2) is 44.4 Å². The monoisotopic (exact) mass is 624 g/mol. The van der Waals surface area contributed by atoms with Gasteiger partial charge in [0.2, 0.25) is 0 Å². The molecule has 3 aromatic heterocycles. The lowest BCUT2D eigenvalue weighted by atomic mass is 9.96. The molecule has 2 aromatic carbocycles. The molecule has 10 heteroatoms. The summed E-state index contributed by atoms with van der Waals surface area (Å²) in [6, 6.07) is 14.0. The maximum absolute atomic E-state index is 14.0. The van der Waals surface area contributed by atoms with E-state index in [4.69, 9.17) is 14.5 Å². The summed E-state index contributed by atoms with van der Waals surface area (Å²) in [5.74, 6) is -0.786. The minimum atomic E-state index is -0.978. The first-order chi connectivity index (χ1) is 21.7. The number of hydrogen-bond donors (Lipinski definition) is 1. The van der Waals surface area contributed by atoms with Gasteiger partial charge in [0.05, 0.1) is 40.7 Å². The molecule has 1 fully saturated rings. The number of anilines is 1. The minimum absolute atomic E-state index is 0.0417. The molecule has 1 aliphatic rings. The van der Waals surface area contributed by atoms with Crippen molar-refractivity contribution < 1.29 is 24.2 Å². The third-order valence-electron chi connectivity index (χ3n) is 7.99. The summed E-state index contributed by atoms with van der Waals surface area (Å²) >= 11 is 1.34. The number of fused-ring (bicyclic) bond motifs is 2. The highest BCUT2D eigenvalue weighted by atomic mass is 32.1. The van der Waals surface area contributed by atoms with E-state index in [1.165, 1.54) is 16.2 Å². The number of thiazole rings is 1. The number of amides is 1. The second-order valence-electron chi connectivity index (χ2n) is 11.3. The van der Waals surface area contributed by atoms with Crippen LogP contribution in [0.3, 0.4) is 0 Å². The van der Waals surface area contributed by atoms with Crippen molar-refractivity contribution in [3.63, 3.8) is 0 Å². The molecule has 0 aliphatic carbocycles. The molecule has 1 atom stereocenters. The second-order valence-corrected chi connectivity index (χ2v) is 12.3. The molecule has 0 spiro atoms. The zero-order valence-corrected chi connectivity index (χ0v) is 26.9. The van der Waals surface area contributed by atoms with Crippen molar-refractivity contribution >= 4 is 49.8 Å². The van der Waals surface area contributed by atoms with Gasteiger partial charge in [0, 0.05) is 6.20 Å². The number of imidazole rings is 1. The molecule has 1 saturated heterocycles. The Bertz CT molecular complexity index is 1970. The molecule has 6 rings (SSSR count). The second kappa shape index (κ2) is 12.4. The van der Waals surface area contributed by atoms with Gasteiger partial charge >= 0.3 is 5.91 Å². The zero-order chi connectivity index (χ0) is 31.8. The highest BCUT2D eigenvalue weighted by molar-refractivity contribution is 7.22. The summed E-state index contributed by atoms with van der Waals surface area (Å²) in [6.45, 7) is 10.7. The smallest absolute Gasteiger partial charge is 0.301 e. The van der Waals surface area contributed by atoms with Crippen LogP contribution in [0.2, 0.25) is 0 Å². The van der Waals surface area contributed by atoms with Gasteiger partial charge in [0.15, 0.2) is 22.4 Å². The van der Waals surface area contributed by atoms with Crippen LogP contribution < -0.4 is 14.4 Å². The first-order valence-corrected chi connectivity index (χ1v) is 16.1. The first-order valence-electron chi connectivity index (χ1n) is 15.3. The molecule has 5 aromatic rings. The lowest BCUT2D eigenvalue weighted by Crippen LogP contribution is -2.29. The highest BCUT2D eigenvalue weighted by Gasteiger charge is 2.49. The van der Waals surface area contributed by atoms with Crippen LogP contribution in [0, 0.1) is 20.8 Å². The van der Waals surface area contributed by atoms with Crippen molar-refractivity contribution in [2.24, 2.45) is 0 Å². The number of ketones is 1. The van der Waals surface area contributed by atoms with Crippen LogP contribution in [0.15, 0.2) is 60.3 Å². The Morgan fingerprint density at radius 2 is 1.80 bits per heavy atom. The normalized spacial score (nSPS) is 16.3. The van der Waals surface area contributed by atoms with E-state index in [-0.39, 0.29) is 11.3 Å². The number of rotatable bonds is 10. The number of benzene rings is 2. The number of pyridine rings is 1. The molecule has 1 N–H and O–H groups in total. The number of carbonyl (C=O) groups excluding carboxylic acids is 2. The maximum atomic E-state index is 14.0. The van der Waals surface area contributed by atoms with Crippen molar-refractivity contribution in [2.45, 2.75) is 59.9 Å². The Balaban J connectivity index is 1.56. The van der Waals surface area contributed by atoms with E-state index < -0.39 is 17.7 Å². The van der Waals surface area contributed by atoms with Gasteiger partial charge in [-0.1, -0.05) is 49.3 Å². The van der Waals surface area contributed by atoms with Crippen LogP contribution >= 0.6 is 11.3 Å². The van der Waals surface area contributed by atoms with E-state index in [1.54, 1.807) is 29.7 Å². The summed E-state index contributed by atoms with van der Waals surface area (Å²) in [7, 11) is 0. The average molecular weight is 625 g/mol. The number of hydrogen-bond acceptors (Lipinski definition) is 8. The number of unbranched alkanes of at least 4 members (excludes halogenated alkanes) is 2. The van der Waals surface area contributed by atoms with E-state index >= 15 is 0 Å². The number of aromatic nitrogens is 3. The molecule has 4 heterocycles. The zero-order valence-electron chi connectivity index (χ0n) is 26.1. The highest BCUT2D eigenvalue weighted by Crippen LogP contribution is 2.46. The molecule has 1 unspecified atom stereocenters. The van der Waals surface area contributed by atoms with Crippen LogP contribution in [0.5, 0.6) is 11.5 Å². The Hall–Kier alpha value is -4.70. The number of aliphatic hydroxyl groups excluding tert-OH is 1. The van der Waals surface area contributed by atoms with Gasteiger partial charge in [-0.3, -0.25) is 18.9 Å². The van der Waals surface area contributed by atoms with Gasteiger partial charge in [-0.05, 0) is 81.1 Å². The minimum Gasteiger partial charge on any atom is -0.505 e. The maximum Gasteiger partial charge on any atom is 0.301 e. The van der Waals surface area contributed by atoms with Crippen molar-refractivity contribution in [1.82, 2.24) is 14.4 Å². The lowest BCUT2D eigenvalue weighted by Gasteiger charge is -2.24. The van der Waals surface area contributed by atoms with Crippen molar-refractivity contribution in [2.75, 3.05) is 18.1 Å². The summed E-state index contributed by atoms with van der Waals surface area (Å²) in [5, 5.41) is 12.3. The van der Waals surface area contributed by atoms with Crippen LogP contribution in [0.4, 0.5) is 5.13 Å². The van der Waals surface area contributed by atoms with Gasteiger partial charge in [0.25, 0.3) is 5.78 Å². The number of carbonyl (C=O) groups is 2. The fraction of sp³-hybridized carbons (Fsp3) is 0.314. The van der Waals surface area contributed by atoms with E-state index in [9.17, 15) is 14.7 Å². The summed E-state index contributed by atoms with van der Waals surface area (Å²) in [4.78, 5) is 38.7. The molecule has 232 valence electrons. The third kappa shape index (κ3) is 5.44. The molecule has 0 radical (unpaired) electrons. The van der Waals surface area contributed by atoms with Gasteiger partial charge < -0.3 is 14.6 Å². The fourth-order valence-electron chi connectivity index (χ4n) is 5.95. The largest absolute Gasteiger partial charge is 0.505 e. The number of aryl methyl sites for hydroxylation is 3. The Kier molecular flexibility index (Phi) is 8.33. The first kappa shape index (κ1) is 30.3. The van der Waals surface area contributed by atoms with E-state index in [0.29, 0.717) is 52.4 Å². The van der Waals surface area contributed by atoms with Gasteiger partial charge in [-0.15, -0.1) is 0 Å². The molecule has 0 saturated carbocycles. The number of aliphatic hydroxyl groups is 1. The predicted molar refractivity (Wildman–Crippen MR) is 176 cm³/mol. The Morgan fingerprint density at radius 3 is 2.58 bits per heavy atom. The third-order valence-corrected chi connectivity index (χ3v) is 8.99. The predicted octanol–water partition coefficient (Wildman–Crippen LogP) is 7.46.